The van der Waals surface area contributed by atoms with Crippen LogP contribution in [0.4, 0.5) is 0 Å². The molecule has 0 radical (unpaired) electrons. The number of H-pyrrole nitrogens is 1. The second kappa shape index (κ2) is 5.57. The Morgan fingerprint density at radius 3 is 2.82 bits per heavy atom. The Labute approximate surface area is 129 Å². The molecule has 1 amide bonds. The summed E-state index contributed by atoms with van der Waals surface area (Å²) in [5.74, 6) is 0.374. The highest BCUT2D eigenvalue weighted by Gasteiger charge is 2.31. The molecular weight excluding hydrogens is 280 g/mol. The minimum absolute atomic E-state index is 0.0566. The van der Waals surface area contributed by atoms with Crippen molar-refractivity contribution >= 4 is 5.91 Å². The highest BCUT2D eigenvalue weighted by molar-refractivity contribution is 5.93. The minimum Gasteiger partial charge on any atom is -0.346 e. The number of carbonyl (C=O) groups excluding carboxylic acids is 1. The Hall–Kier alpha value is -2.15. The number of hydrogen-bond donors (Lipinski definition) is 3. The number of aryl methyl sites for hydroxylation is 2. The van der Waals surface area contributed by atoms with Gasteiger partial charge in [-0.3, -0.25) is 14.6 Å². The van der Waals surface area contributed by atoms with Gasteiger partial charge in [0.15, 0.2) is 0 Å². The third-order valence-electron chi connectivity index (χ3n) is 4.35. The van der Waals surface area contributed by atoms with Crippen molar-refractivity contribution in [1.82, 2.24) is 25.3 Å². The van der Waals surface area contributed by atoms with Gasteiger partial charge in [0.25, 0.3) is 5.91 Å². The first-order chi connectivity index (χ1) is 10.5. The fraction of sp³-hybridized carbons (Fsp3) is 0.533. The standard InChI is InChI=1S/C15H22N6O/c1-8-14(9(2)21(3)20-8)11-6-12(19-18-11)15(22)17-13(7-16)10-4-5-10/h6,10,13H,4-5,7,16H2,1-3H3,(H,17,22)(H,18,19). The van der Waals surface area contributed by atoms with Crippen LogP contribution in [0.5, 0.6) is 0 Å². The summed E-state index contributed by atoms with van der Waals surface area (Å²) >= 11 is 0. The van der Waals surface area contributed by atoms with Crippen molar-refractivity contribution in [3.05, 3.63) is 23.1 Å². The second-order valence-electron chi connectivity index (χ2n) is 5.99. The number of carbonyl (C=O) groups is 1. The van der Waals surface area contributed by atoms with Crippen LogP contribution in [0.1, 0.15) is 34.7 Å². The molecule has 0 aromatic carbocycles. The van der Waals surface area contributed by atoms with Crippen molar-refractivity contribution in [2.24, 2.45) is 18.7 Å². The predicted molar refractivity (Wildman–Crippen MR) is 83.3 cm³/mol. The van der Waals surface area contributed by atoms with Crippen LogP contribution >= 0.6 is 0 Å². The number of aromatic nitrogens is 4. The van der Waals surface area contributed by atoms with Gasteiger partial charge in [0, 0.05) is 30.9 Å². The van der Waals surface area contributed by atoms with E-state index in [1.807, 2.05) is 25.6 Å². The summed E-state index contributed by atoms with van der Waals surface area (Å²) in [4.78, 5) is 12.3. The molecule has 1 aliphatic carbocycles. The van der Waals surface area contributed by atoms with Gasteiger partial charge in [-0.05, 0) is 38.7 Å². The predicted octanol–water partition coefficient (Wildman–Crippen LogP) is 0.894. The highest BCUT2D eigenvalue weighted by Crippen LogP contribution is 2.32. The summed E-state index contributed by atoms with van der Waals surface area (Å²) in [6, 6.07) is 1.83. The van der Waals surface area contributed by atoms with Crippen LogP contribution in [-0.4, -0.2) is 38.5 Å². The van der Waals surface area contributed by atoms with E-state index in [0.717, 1.165) is 35.5 Å². The number of nitrogens with zero attached hydrogens (tertiary/aromatic N) is 3. The molecule has 1 fully saturated rings. The van der Waals surface area contributed by atoms with E-state index in [1.54, 1.807) is 6.07 Å². The van der Waals surface area contributed by atoms with Crippen LogP contribution in [0.25, 0.3) is 11.3 Å². The Balaban J connectivity index is 1.79. The molecule has 0 bridgehead atoms. The van der Waals surface area contributed by atoms with Crippen LogP contribution in [0, 0.1) is 19.8 Å². The fourth-order valence-electron chi connectivity index (χ4n) is 2.82. The average molecular weight is 302 g/mol. The van der Waals surface area contributed by atoms with Crippen molar-refractivity contribution in [3.8, 4) is 11.3 Å². The maximum atomic E-state index is 12.3. The molecule has 2 aromatic heterocycles. The van der Waals surface area contributed by atoms with E-state index >= 15 is 0 Å². The molecule has 7 nitrogen and oxygen atoms in total. The molecule has 0 saturated heterocycles. The molecule has 3 rings (SSSR count). The maximum Gasteiger partial charge on any atom is 0.269 e. The number of rotatable bonds is 5. The Morgan fingerprint density at radius 2 is 2.27 bits per heavy atom. The molecule has 0 spiro atoms. The molecule has 1 saturated carbocycles. The van der Waals surface area contributed by atoms with E-state index < -0.39 is 0 Å². The summed E-state index contributed by atoms with van der Waals surface area (Å²) in [6.45, 7) is 4.40. The van der Waals surface area contributed by atoms with Crippen LogP contribution in [0.3, 0.4) is 0 Å². The van der Waals surface area contributed by atoms with Gasteiger partial charge in [0.2, 0.25) is 0 Å². The first-order valence-corrected chi connectivity index (χ1v) is 7.58. The monoisotopic (exact) mass is 302 g/mol. The highest BCUT2D eigenvalue weighted by atomic mass is 16.2. The third-order valence-corrected chi connectivity index (χ3v) is 4.35. The summed E-state index contributed by atoms with van der Waals surface area (Å²) in [6.07, 6.45) is 2.29. The van der Waals surface area contributed by atoms with Gasteiger partial charge in [-0.15, -0.1) is 0 Å². The molecule has 0 aliphatic heterocycles. The quantitative estimate of drug-likeness (QED) is 0.763. The topological polar surface area (TPSA) is 102 Å². The number of hydrogen-bond acceptors (Lipinski definition) is 4. The molecule has 22 heavy (non-hydrogen) atoms. The van der Waals surface area contributed by atoms with Crippen molar-refractivity contribution < 1.29 is 4.79 Å². The minimum atomic E-state index is -0.153. The number of nitrogens with two attached hydrogens (primary N) is 1. The Kier molecular flexibility index (Phi) is 3.74. The smallest absolute Gasteiger partial charge is 0.269 e. The molecule has 2 aromatic rings. The van der Waals surface area contributed by atoms with Crippen LogP contribution in [-0.2, 0) is 7.05 Å². The zero-order chi connectivity index (χ0) is 15.9. The molecule has 4 N–H and O–H groups in total. The van der Waals surface area contributed by atoms with E-state index in [-0.39, 0.29) is 11.9 Å². The molecule has 1 unspecified atom stereocenters. The van der Waals surface area contributed by atoms with Gasteiger partial charge >= 0.3 is 0 Å². The van der Waals surface area contributed by atoms with Crippen LogP contribution in [0.15, 0.2) is 6.07 Å². The third kappa shape index (κ3) is 2.64. The molecule has 118 valence electrons. The molecule has 2 heterocycles. The van der Waals surface area contributed by atoms with Gasteiger partial charge in [0.05, 0.1) is 11.4 Å². The molecule has 1 aliphatic rings. The van der Waals surface area contributed by atoms with Crippen LogP contribution in [0.2, 0.25) is 0 Å². The lowest BCUT2D eigenvalue weighted by Crippen LogP contribution is -2.41. The van der Waals surface area contributed by atoms with Gasteiger partial charge in [-0.25, -0.2) is 0 Å². The lowest BCUT2D eigenvalue weighted by molar-refractivity contribution is 0.0928. The Bertz CT molecular complexity index is 697. The largest absolute Gasteiger partial charge is 0.346 e. The van der Waals surface area contributed by atoms with Gasteiger partial charge in [-0.2, -0.15) is 10.2 Å². The van der Waals surface area contributed by atoms with Crippen molar-refractivity contribution in [2.75, 3.05) is 6.54 Å². The van der Waals surface area contributed by atoms with E-state index in [4.69, 9.17) is 5.73 Å². The second-order valence-corrected chi connectivity index (χ2v) is 5.99. The van der Waals surface area contributed by atoms with Crippen molar-refractivity contribution in [1.29, 1.82) is 0 Å². The van der Waals surface area contributed by atoms with Gasteiger partial charge in [-0.1, -0.05) is 0 Å². The number of nitrogens with one attached hydrogen (secondary N) is 2. The summed E-state index contributed by atoms with van der Waals surface area (Å²) in [5, 5.41) is 14.5. The van der Waals surface area contributed by atoms with Crippen molar-refractivity contribution in [2.45, 2.75) is 32.7 Å². The average Bonchev–Trinajstić information content (AvgIpc) is 3.16. The van der Waals surface area contributed by atoms with Gasteiger partial charge < -0.3 is 11.1 Å². The van der Waals surface area contributed by atoms with E-state index in [2.05, 4.69) is 20.6 Å². The lowest BCUT2D eigenvalue weighted by Gasteiger charge is -2.14. The maximum absolute atomic E-state index is 12.3. The first-order valence-electron chi connectivity index (χ1n) is 7.58. The lowest BCUT2D eigenvalue weighted by atomic mass is 10.1. The summed E-state index contributed by atoms with van der Waals surface area (Å²) < 4.78 is 1.82. The number of amides is 1. The number of aromatic amines is 1. The Morgan fingerprint density at radius 1 is 1.55 bits per heavy atom. The van der Waals surface area contributed by atoms with Gasteiger partial charge in [0.1, 0.15) is 5.69 Å². The van der Waals surface area contributed by atoms with E-state index in [9.17, 15) is 4.79 Å². The molecule has 7 heteroatoms. The van der Waals surface area contributed by atoms with Crippen molar-refractivity contribution in [3.63, 3.8) is 0 Å². The zero-order valence-electron chi connectivity index (χ0n) is 13.2. The summed E-state index contributed by atoms with van der Waals surface area (Å²) in [7, 11) is 1.90. The summed E-state index contributed by atoms with van der Waals surface area (Å²) in [5.41, 5.74) is 9.81. The molecular formula is C15H22N6O. The zero-order valence-corrected chi connectivity index (χ0v) is 13.2. The first kappa shape index (κ1) is 14.8. The fourth-order valence-corrected chi connectivity index (χ4v) is 2.82. The van der Waals surface area contributed by atoms with E-state index in [0.29, 0.717) is 18.2 Å². The van der Waals surface area contributed by atoms with E-state index in [1.165, 1.54) is 0 Å². The molecule has 1 atom stereocenters. The van der Waals surface area contributed by atoms with Crippen LogP contribution < -0.4 is 11.1 Å². The normalized spacial score (nSPS) is 15.8. The SMILES string of the molecule is Cc1nn(C)c(C)c1-c1cc(C(=O)NC(CN)C2CC2)[nH]n1.